The van der Waals surface area contributed by atoms with Gasteiger partial charge in [0.05, 0.1) is 16.5 Å². The molecule has 0 aliphatic carbocycles. The summed E-state index contributed by atoms with van der Waals surface area (Å²) in [5.41, 5.74) is 1.27. The molecule has 0 aromatic heterocycles. The van der Waals surface area contributed by atoms with Gasteiger partial charge >= 0.3 is 5.97 Å². The normalized spacial score (nSPS) is 11.6. The zero-order valence-electron chi connectivity index (χ0n) is 8.43. The second-order valence-corrected chi connectivity index (χ2v) is 4.40. The third-order valence-electron chi connectivity index (χ3n) is 2.02. The van der Waals surface area contributed by atoms with Gasteiger partial charge in [0.1, 0.15) is 0 Å². The number of benzene rings is 1. The van der Waals surface area contributed by atoms with Gasteiger partial charge in [-0.2, -0.15) is 0 Å². The molecule has 0 spiro atoms. The Balaban J connectivity index is 3.17. The predicted octanol–water partition coefficient (Wildman–Crippen LogP) is 4.52. The van der Waals surface area contributed by atoms with Gasteiger partial charge in [0.2, 0.25) is 0 Å². The van der Waals surface area contributed by atoms with E-state index in [-0.39, 0.29) is 6.42 Å². The third-order valence-corrected chi connectivity index (χ3v) is 3.14. The lowest BCUT2D eigenvalue weighted by Gasteiger charge is -2.08. The van der Waals surface area contributed by atoms with Crippen molar-refractivity contribution in [3.63, 3.8) is 0 Å². The van der Waals surface area contributed by atoms with E-state index in [1.165, 1.54) is 0 Å². The number of aliphatic carboxylic acids is 1. The fourth-order valence-electron chi connectivity index (χ4n) is 1.23. The van der Waals surface area contributed by atoms with Crippen molar-refractivity contribution in [2.45, 2.75) is 13.3 Å². The molecule has 5 heteroatoms. The number of halogens is 3. The van der Waals surface area contributed by atoms with Crippen LogP contribution in [0.25, 0.3) is 5.57 Å². The third kappa shape index (κ3) is 3.14. The van der Waals surface area contributed by atoms with Gasteiger partial charge in [-0.25, -0.2) is 0 Å². The fraction of sp³-hybridized carbons (Fsp3) is 0.182. The van der Waals surface area contributed by atoms with Gasteiger partial charge in [0.25, 0.3) is 0 Å². The SMILES string of the molecule is C/C(=C\CC(=O)O)c1c(Cl)ccc(Cl)c1Cl. The lowest BCUT2D eigenvalue weighted by molar-refractivity contribution is -0.135. The van der Waals surface area contributed by atoms with Crippen molar-refractivity contribution >= 4 is 46.3 Å². The molecule has 0 unspecified atom stereocenters. The quantitative estimate of drug-likeness (QED) is 0.826. The van der Waals surface area contributed by atoms with Gasteiger partial charge in [-0.1, -0.05) is 40.9 Å². The molecule has 16 heavy (non-hydrogen) atoms. The largest absolute Gasteiger partial charge is 0.481 e. The Morgan fingerprint density at radius 1 is 1.31 bits per heavy atom. The molecule has 0 atom stereocenters. The van der Waals surface area contributed by atoms with E-state index in [9.17, 15) is 4.79 Å². The van der Waals surface area contributed by atoms with E-state index in [4.69, 9.17) is 39.9 Å². The number of carbonyl (C=O) groups is 1. The smallest absolute Gasteiger partial charge is 0.307 e. The Labute approximate surface area is 108 Å². The Morgan fingerprint density at radius 2 is 1.88 bits per heavy atom. The average molecular weight is 280 g/mol. The summed E-state index contributed by atoms with van der Waals surface area (Å²) >= 11 is 17.8. The van der Waals surface area contributed by atoms with Crippen molar-refractivity contribution in [2.24, 2.45) is 0 Å². The second-order valence-electron chi connectivity index (χ2n) is 3.20. The predicted molar refractivity (Wildman–Crippen MR) is 67.4 cm³/mol. The lowest BCUT2D eigenvalue weighted by atomic mass is 10.1. The minimum atomic E-state index is -0.909. The Bertz CT molecular complexity index is 453. The zero-order chi connectivity index (χ0) is 12.3. The minimum Gasteiger partial charge on any atom is -0.481 e. The maximum absolute atomic E-state index is 10.4. The Kier molecular flexibility index (Phi) is 4.66. The fourth-order valence-corrected chi connectivity index (χ4v) is 2.06. The number of carboxylic acids is 1. The number of carboxylic acid groups (broad SMARTS) is 1. The molecule has 86 valence electrons. The summed E-state index contributed by atoms with van der Waals surface area (Å²) in [6.07, 6.45) is 1.47. The van der Waals surface area contributed by atoms with Crippen LogP contribution in [0.5, 0.6) is 0 Å². The van der Waals surface area contributed by atoms with E-state index >= 15 is 0 Å². The molecule has 0 fully saturated rings. The number of rotatable bonds is 3. The summed E-state index contributed by atoms with van der Waals surface area (Å²) in [5.74, 6) is -0.909. The molecule has 0 bridgehead atoms. The molecule has 0 amide bonds. The van der Waals surface area contributed by atoms with E-state index in [1.54, 1.807) is 25.1 Å². The highest BCUT2D eigenvalue weighted by Crippen LogP contribution is 2.36. The molecule has 1 aromatic carbocycles. The van der Waals surface area contributed by atoms with Crippen molar-refractivity contribution in [1.29, 1.82) is 0 Å². The first-order valence-corrected chi connectivity index (χ1v) is 5.59. The van der Waals surface area contributed by atoms with Crippen LogP contribution >= 0.6 is 34.8 Å². The molecule has 0 radical (unpaired) electrons. The van der Waals surface area contributed by atoms with E-state index in [0.717, 1.165) is 0 Å². The summed E-state index contributed by atoms with van der Waals surface area (Å²) in [6, 6.07) is 3.23. The van der Waals surface area contributed by atoms with Crippen molar-refractivity contribution < 1.29 is 9.90 Å². The van der Waals surface area contributed by atoms with Gasteiger partial charge in [-0.15, -0.1) is 0 Å². The molecule has 0 aliphatic rings. The zero-order valence-corrected chi connectivity index (χ0v) is 10.7. The van der Waals surface area contributed by atoms with Gasteiger partial charge in [0, 0.05) is 10.6 Å². The summed E-state index contributed by atoms with van der Waals surface area (Å²) in [7, 11) is 0. The summed E-state index contributed by atoms with van der Waals surface area (Å²) in [6.45, 7) is 1.74. The minimum absolute atomic E-state index is 0.0784. The van der Waals surface area contributed by atoms with E-state index in [2.05, 4.69) is 0 Å². The van der Waals surface area contributed by atoms with E-state index in [0.29, 0.717) is 26.2 Å². The number of hydrogen-bond acceptors (Lipinski definition) is 1. The van der Waals surface area contributed by atoms with Crippen molar-refractivity contribution in [3.05, 3.63) is 38.8 Å². The van der Waals surface area contributed by atoms with Crippen LogP contribution in [0, 0.1) is 0 Å². The summed E-state index contributed by atoms with van der Waals surface area (Å²) in [5, 5.41) is 9.75. The monoisotopic (exact) mass is 278 g/mol. The highest BCUT2D eigenvalue weighted by molar-refractivity contribution is 6.44. The van der Waals surface area contributed by atoms with Crippen molar-refractivity contribution in [3.8, 4) is 0 Å². The Hall–Kier alpha value is -0.700. The van der Waals surface area contributed by atoms with Crippen LogP contribution in [0.15, 0.2) is 18.2 Å². The molecule has 0 heterocycles. The van der Waals surface area contributed by atoms with Crippen LogP contribution in [0.1, 0.15) is 18.9 Å². The maximum Gasteiger partial charge on any atom is 0.307 e. The molecule has 1 aromatic rings. The van der Waals surface area contributed by atoms with E-state index < -0.39 is 5.97 Å². The van der Waals surface area contributed by atoms with Crippen LogP contribution in [0.2, 0.25) is 15.1 Å². The average Bonchev–Trinajstić information content (AvgIpc) is 2.21. The molecular formula is C11H9Cl3O2. The molecule has 2 nitrogen and oxygen atoms in total. The molecule has 0 saturated carbocycles. The first kappa shape index (κ1) is 13.4. The Morgan fingerprint density at radius 3 is 2.44 bits per heavy atom. The van der Waals surface area contributed by atoms with E-state index in [1.807, 2.05) is 0 Å². The highest BCUT2D eigenvalue weighted by atomic mass is 35.5. The van der Waals surface area contributed by atoms with Crippen molar-refractivity contribution in [1.82, 2.24) is 0 Å². The van der Waals surface area contributed by atoms with Gasteiger partial charge in [-0.3, -0.25) is 4.79 Å². The highest BCUT2D eigenvalue weighted by Gasteiger charge is 2.11. The summed E-state index contributed by atoms with van der Waals surface area (Å²) < 4.78 is 0. The first-order chi connectivity index (χ1) is 7.43. The van der Waals surface area contributed by atoms with Crippen molar-refractivity contribution in [2.75, 3.05) is 0 Å². The van der Waals surface area contributed by atoms with Gasteiger partial charge < -0.3 is 5.11 Å². The molecular weight excluding hydrogens is 270 g/mol. The standard InChI is InChI=1S/C11H9Cl3O2/c1-6(2-5-9(15)16)10-7(12)3-4-8(13)11(10)14/h2-4H,5H2,1H3,(H,15,16)/b6-2+. The number of allylic oxidation sites excluding steroid dienone is 1. The van der Waals surface area contributed by atoms with Crippen LogP contribution in [-0.2, 0) is 4.79 Å². The molecule has 0 saturated heterocycles. The lowest BCUT2D eigenvalue weighted by Crippen LogP contribution is -1.92. The molecule has 0 aliphatic heterocycles. The van der Waals surface area contributed by atoms with Gasteiger partial charge in [-0.05, 0) is 24.6 Å². The second kappa shape index (κ2) is 5.58. The number of hydrogen-bond donors (Lipinski definition) is 1. The molecule has 1 rings (SSSR count). The summed E-state index contributed by atoms with van der Waals surface area (Å²) in [4.78, 5) is 10.4. The van der Waals surface area contributed by atoms with Gasteiger partial charge in [0.15, 0.2) is 0 Å². The molecule has 1 N–H and O–H groups in total. The maximum atomic E-state index is 10.4. The topological polar surface area (TPSA) is 37.3 Å². The van der Waals surface area contributed by atoms with Crippen LogP contribution in [0.4, 0.5) is 0 Å². The van der Waals surface area contributed by atoms with Crippen LogP contribution in [-0.4, -0.2) is 11.1 Å². The first-order valence-electron chi connectivity index (χ1n) is 4.46. The van der Waals surface area contributed by atoms with Crippen LogP contribution < -0.4 is 0 Å². The van der Waals surface area contributed by atoms with Crippen LogP contribution in [0.3, 0.4) is 0 Å².